The minimum absolute atomic E-state index is 0.185. The fourth-order valence-electron chi connectivity index (χ4n) is 3.61. The van der Waals surface area contributed by atoms with Gasteiger partial charge in [0.05, 0.1) is 25.3 Å². The fraction of sp³-hybridized carbons (Fsp3) is 0.360. The van der Waals surface area contributed by atoms with Gasteiger partial charge in [-0.15, -0.1) is 0 Å². The number of furan rings is 1. The third kappa shape index (κ3) is 8.37. The van der Waals surface area contributed by atoms with Gasteiger partial charge in [0, 0.05) is 29.3 Å². The maximum absolute atomic E-state index is 14.7. The molecule has 6 nitrogen and oxygen atoms in total. The molecule has 0 aliphatic carbocycles. The van der Waals surface area contributed by atoms with Crippen molar-refractivity contribution in [2.24, 2.45) is 0 Å². The first-order valence-corrected chi connectivity index (χ1v) is 13.1. The maximum atomic E-state index is 14.7. The van der Waals surface area contributed by atoms with E-state index in [1.807, 2.05) is 6.07 Å². The Morgan fingerprint density at radius 3 is 2.53 bits per heavy atom. The lowest BCUT2D eigenvalue weighted by atomic mass is 10.0. The summed E-state index contributed by atoms with van der Waals surface area (Å²) in [4.78, 5) is 17.8. The quantitative estimate of drug-likeness (QED) is 0.198. The molecule has 34 heavy (non-hydrogen) atoms. The lowest BCUT2D eigenvalue weighted by Crippen LogP contribution is -2.17. The number of aryl methyl sites for hydroxylation is 1. The first kappa shape index (κ1) is 26.1. The lowest BCUT2D eigenvalue weighted by Gasteiger charge is -2.14. The molecular formula is C25H30F2NO5P. The Bertz CT molecular complexity index is 1080. The number of unbranched alkanes of at least 4 members (excludes halogenated alkanes) is 2. The van der Waals surface area contributed by atoms with Crippen LogP contribution in [0, 0.1) is 11.6 Å². The predicted octanol–water partition coefficient (Wildman–Crippen LogP) is 5.67. The predicted molar refractivity (Wildman–Crippen MR) is 127 cm³/mol. The highest BCUT2D eigenvalue weighted by Crippen LogP contribution is 2.35. The average molecular weight is 493 g/mol. The van der Waals surface area contributed by atoms with E-state index in [4.69, 9.17) is 18.9 Å². The van der Waals surface area contributed by atoms with Crippen LogP contribution in [0.15, 0.2) is 59.4 Å². The standard InChI is InChI=1S/C25H30F2NO5P/c26-23-9-4-3-8-19(23)7-2-1-5-12-33-25-16-24(27)21(15-22(25)20-10-13-32-18-20)17-28-11-6-14-34(29,30)31/h3-4,8-10,13,15-16,18,28H,1-2,5-7,11-12,14,17H2,(H2,29,30,31). The number of hydrogen-bond acceptors (Lipinski definition) is 4. The Kier molecular flexibility index (Phi) is 9.84. The van der Waals surface area contributed by atoms with Crippen molar-refractivity contribution in [1.29, 1.82) is 0 Å². The van der Waals surface area contributed by atoms with Crippen molar-refractivity contribution in [3.05, 3.63) is 77.8 Å². The zero-order valence-electron chi connectivity index (χ0n) is 18.9. The van der Waals surface area contributed by atoms with Crippen LogP contribution in [0.4, 0.5) is 8.78 Å². The number of hydrogen-bond donors (Lipinski definition) is 3. The Morgan fingerprint density at radius 2 is 1.79 bits per heavy atom. The SMILES string of the molecule is O=P(O)(O)CCCNCc1cc(-c2ccoc2)c(OCCCCCc2ccccc2F)cc1F. The van der Waals surface area contributed by atoms with Gasteiger partial charge in [-0.1, -0.05) is 18.2 Å². The maximum Gasteiger partial charge on any atom is 0.325 e. The first-order chi connectivity index (χ1) is 16.3. The normalized spacial score (nSPS) is 11.6. The van der Waals surface area contributed by atoms with Crippen molar-refractivity contribution in [3.8, 4) is 16.9 Å². The molecule has 0 bridgehead atoms. The third-order valence-corrected chi connectivity index (χ3v) is 6.30. The molecule has 1 aromatic heterocycles. The van der Waals surface area contributed by atoms with E-state index < -0.39 is 13.4 Å². The molecule has 1 heterocycles. The van der Waals surface area contributed by atoms with Crippen LogP contribution in [0.25, 0.3) is 11.1 Å². The van der Waals surface area contributed by atoms with Crippen LogP contribution in [0.1, 0.15) is 36.8 Å². The Hall–Kier alpha value is -2.51. The van der Waals surface area contributed by atoms with Gasteiger partial charge < -0.3 is 24.3 Å². The van der Waals surface area contributed by atoms with E-state index in [0.29, 0.717) is 48.4 Å². The molecule has 3 N–H and O–H groups in total. The van der Waals surface area contributed by atoms with Crippen LogP contribution in [0.3, 0.4) is 0 Å². The van der Waals surface area contributed by atoms with Crippen LogP contribution in [-0.2, 0) is 17.5 Å². The summed E-state index contributed by atoms with van der Waals surface area (Å²) >= 11 is 0. The largest absolute Gasteiger partial charge is 0.493 e. The molecule has 0 atom stereocenters. The summed E-state index contributed by atoms with van der Waals surface area (Å²) in [5, 5.41) is 3.02. The second kappa shape index (κ2) is 12.8. The Morgan fingerprint density at radius 1 is 0.971 bits per heavy atom. The van der Waals surface area contributed by atoms with Gasteiger partial charge in [-0.3, -0.25) is 4.57 Å². The summed E-state index contributed by atoms with van der Waals surface area (Å²) in [6, 6.07) is 11.6. The summed E-state index contributed by atoms with van der Waals surface area (Å²) in [7, 11) is -4.03. The second-order valence-electron chi connectivity index (χ2n) is 8.12. The van der Waals surface area contributed by atoms with E-state index in [-0.39, 0.29) is 18.5 Å². The number of halogens is 2. The van der Waals surface area contributed by atoms with Gasteiger partial charge >= 0.3 is 7.60 Å². The van der Waals surface area contributed by atoms with Crippen molar-refractivity contribution >= 4 is 7.60 Å². The summed E-state index contributed by atoms with van der Waals surface area (Å²) in [5.41, 5.74) is 2.59. The highest BCUT2D eigenvalue weighted by atomic mass is 31.2. The van der Waals surface area contributed by atoms with Gasteiger partial charge in [0.2, 0.25) is 0 Å². The molecule has 0 aliphatic rings. The molecule has 9 heteroatoms. The first-order valence-electron chi connectivity index (χ1n) is 11.3. The van der Waals surface area contributed by atoms with Gasteiger partial charge in [0.1, 0.15) is 17.4 Å². The molecule has 0 saturated heterocycles. The summed E-state index contributed by atoms with van der Waals surface area (Å²) in [6.07, 6.45) is 6.28. The summed E-state index contributed by atoms with van der Waals surface area (Å²) < 4.78 is 50.4. The Balaban J connectivity index is 1.53. The van der Waals surface area contributed by atoms with Crippen LogP contribution >= 0.6 is 7.60 Å². The summed E-state index contributed by atoms with van der Waals surface area (Å²) in [6.45, 7) is 0.979. The molecule has 0 amide bonds. The van der Waals surface area contributed by atoms with Crippen LogP contribution in [-0.4, -0.2) is 29.1 Å². The van der Waals surface area contributed by atoms with E-state index in [1.54, 1.807) is 30.5 Å². The van der Waals surface area contributed by atoms with Crippen molar-refractivity contribution < 1.29 is 32.3 Å². The average Bonchev–Trinajstić information content (AvgIpc) is 3.32. The van der Waals surface area contributed by atoms with Crippen LogP contribution < -0.4 is 10.1 Å². The fourth-order valence-corrected chi connectivity index (χ4v) is 4.18. The highest BCUT2D eigenvalue weighted by Gasteiger charge is 2.15. The van der Waals surface area contributed by atoms with Crippen molar-refractivity contribution in [2.45, 2.75) is 38.6 Å². The van der Waals surface area contributed by atoms with Crippen molar-refractivity contribution in [2.75, 3.05) is 19.3 Å². The van der Waals surface area contributed by atoms with Gasteiger partial charge in [-0.25, -0.2) is 8.78 Å². The van der Waals surface area contributed by atoms with Gasteiger partial charge in [0.25, 0.3) is 0 Å². The number of nitrogens with one attached hydrogen (secondary N) is 1. The van der Waals surface area contributed by atoms with E-state index in [9.17, 15) is 13.3 Å². The molecule has 0 unspecified atom stereocenters. The molecule has 3 aromatic rings. The van der Waals surface area contributed by atoms with E-state index in [1.165, 1.54) is 18.4 Å². The lowest BCUT2D eigenvalue weighted by molar-refractivity contribution is 0.304. The molecule has 0 spiro atoms. The minimum Gasteiger partial charge on any atom is -0.493 e. The van der Waals surface area contributed by atoms with E-state index in [2.05, 4.69) is 5.32 Å². The third-order valence-electron chi connectivity index (χ3n) is 5.41. The number of benzene rings is 2. The number of rotatable bonds is 14. The molecule has 2 aromatic carbocycles. The Labute approximate surface area is 198 Å². The molecule has 3 rings (SSSR count). The number of ether oxygens (including phenoxy) is 1. The van der Waals surface area contributed by atoms with Gasteiger partial charge in [-0.2, -0.15) is 0 Å². The molecular weight excluding hydrogens is 463 g/mol. The molecule has 0 radical (unpaired) electrons. The van der Waals surface area contributed by atoms with Crippen LogP contribution in [0.5, 0.6) is 5.75 Å². The highest BCUT2D eigenvalue weighted by molar-refractivity contribution is 7.51. The van der Waals surface area contributed by atoms with Gasteiger partial charge in [0.15, 0.2) is 0 Å². The van der Waals surface area contributed by atoms with Crippen molar-refractivity contribution in [1.82, 2.24) is 5.32 Å². The van der Waals surface area contributed by atoms with Crippen LogP contribution in [0.2, 0.25) is 0 Å². The van der Waals surface area contributed by atoms with E-state index in [0.717, 1.165) is 24.8 Å². The molecule has 0 saturated carbocycles. The monoisotopic (exact) mass is 493 g/mol. The second-order valence-corrected chi connectivity index (χ2v) is 9.90. The topological polar surface area (TPSA) is 91.9 Å². The summed E-state index contributed by atoms with van der Waals surface area (Å²) in [5.74, 6) is -0.196. The zero-order chi connectivity index (χ0) is 24.4. The minimum atomic E-state index is -4.03. The molecule has 184 valence electrons. The molecule has 0 fully saturated rings. The molecule has 0 aliphatic heterocycles. The zero-order valence-corrected chi connectivity index (χ0v) is 19.8. The van der Waals surface area contributed by atoms with E-state index >= 15 is 0 Å². The van der Waals surface area contributed by atoms with Gasteiger partial charge in [-0.05, 0) is 62.4 Å². The van der Waals surface area contributed by atoms with Crippen molar-refractivity contribution in [3.63, 3.8) is 0 Å². The smallest absolute Gasteiger partial charge is 0.325 e.